The third-order valence-electron chi connectivity index (χ3n) is 11.2. The lowest BCUT2D eigenvalue weighted by atomic mass is 10.3. The van der Waals surface area contributed by atoms with Crippen molar-refractivity contribution in [3.8, 4) is 46.0 Å². The van der Waals surface area contributed by atoms with Gasteiger partial charge in [0.1, 0.15) is 46.0 Å². The molecule has 0 N–H and O–H groups in total. The third kappa shape index (κ3) is 20.4. The molecule has 0 aliphatic rings. The van der Waals surface area contributed by atoms with Crippen molar-refractivity contribution in [1.29, 1.82) is 0 Å². The van der Waals surface area contributed by atoms with Gasteiger partial charge in [-0.25, -0.2) is 0 Å². The lowest BCUT2D eigenvalue weighted by Gasteiger charge is -2.28. The molecular formula is C56H86O9Si2. The third-order valence-corrected chi connectivity index (χ3v) is 17.2. The number of benzene rings is 4. The summed E-state index contributed by atoms with van der Waals surface area (Å²) in [5.41, 5.74) is 0. The lowest BCUT2D eigenvalue weighted by Crippen LogP contribution is -2.56. The standard InChI is InChI=1S/C56H86O9Si2/c1-9-17-25-57-45-33-46(58-26-18-10-2)38-53(37-45)66(54-39-47(59-27-19-11-3)34-48(40-54)60-28-20-12-4)65-67(55-41-49(61-29-21-13-5)35-50(42-55)62-30-22-14-6)56-43-51(63-31-23-15-7)36-52(44-56)64-32-24-16-8/h33-44,66-67H,9-32H2,1-8H3. The van der Waals surface area contributed by atoms with E-state index in [1.807, 2.05) is 24.3 Å². The van der Waals surface area contributed by atoms with Crippen LogP contribution in [0.5, 0.6) is 46.0 Å². The number of hydrogen-bond donors (Lipinski definition) is 0. The molecule has 9 nitrogen and oxygen atoms in total. The number of ether oxygens (including phenoxy) is 8. The van der Waals surface area contributed by atoms with Crippen molar-refractivity contribution in [3.05, 3.63) is 72.8 Å². The van der Waals surface area contributed by atoms with Crippen molar-refractivity contribution >= 4 is 38.8 Å². The van der Waals surface area contributed by atoms with Crippen LogP contribution in [0, 0.1) is 0 Å². The van der Waals surface area contributed by atoms with E-state index in [0.717, 1.165) is 169 Å². The number of unbranched alkanes of at least 4 members (excludes halogenated alkanes) is 8. The Labute approximate surface area is 409 Å². The zero-order valence-electron chi connectivity index (χ0n) is 42.7. The summed E-state index contributed by atoms with van der Waals surface area (Å²) in [5.74, 6) is 6.24. The maximum atomic E-state index is 8.07. The summed E-state index contributed by atoms with van der Waals surface area (Å²) in [5, 5.41) is 4.20. The monoisotopic (exact) mass is 959 g/mol. The molecule has 4 aromatic rings. The van der Waals surface area contributed by atoms with Crippen molar-refractivity contribution in [2.24, 2.45) is 0 Å². The van der Waals surface area contributed by atoms with Gasteiger partial charge in [0.2, 0.25) is 18.1 Å². The predicted molar refractivity (Wildman–Crippen MR) is 283 cm³/mol. The maximum Gasteiger partial charge on any atom is 0.229 e. The number of rotatable bonds is 38. The Hall–Kier alpha value is -4.33. The Morgan fingerprint density at radius 2 is 0.388 bits per heavy atom. The highest BCUT2D eigenvalue weighted by molar-refractivity contribution is 6.92. The van der Waals surface area contributed by atoms with Gasteiger partial charge in [0.15, 0.2) is 0 Å². The van der Waals surface area contributed by atoms with Crippen molar-refractivity contribution in [1.82, 2.24) is 0 Å². The molecule has 0 aliphatic heterocycles. The van der Waals surface area contributed by atoms with Gasteiger partial charge in [-0.2, -0.15) is 0 Å². The summed E-state index contributed by atoms with van der Waals surface area (Å²) in [7, 11) is -5.44. The quantitative estimate of drug-likeness (QED) is 0.0322. The van der Waals surface area contributed by atoms with E-state index in [1.54, 1.807) is 0 Å². The van der Waals surface area contributed by atoms with Gasteiger partial charge in [0.05, 0.1) is 52.9 Å². The summed E-state index contributed by atoms with van der Waals surface area (Å²) in [6.07, 6.45) is 15.9. The molecule has 0 radical (unpaired) electrons. The van der Waals surface area contributed by atoms with Crippen LogP contribution in [0.3, 0.4) is 0 Å². The zero-order chi connectivity index (χ0) is 47.9. The minimum Gasteiger partial charge on any atom is -0.493 e. The van der Waals surface area contributed by atoms with E-state index in [-0.39, 0.29) is 0 Å². The van der Waals surface area contributed by atoms with Crippen molar-refractivity contribution < 1.29 is 42.0 Å². The second kappa shape index (κ2) is 33.2. The molecule has 4 rings (SSSR count). The normalized spacial score (nSPS) is 11.3. The smallest absolute Gasteiger partial charge is 0.229 e. The molecule has 0 saturated carbocycles. The molecule has 11 heteroatoms. The van der Waals surface area contributed by atoms with Crippen LogP contribution in [0.1, 0.15) is 158 Å². The molecule has 0 bridgehead atoms. The predicted octanol–water partition coefficient (Wildman–Crippen LogP) is 11.5. The molecule has 372 valence electrons. The Kier molecular flexibility index (Phi) is 27.4. The highest BCUT2D eigenvalue weighted by Gasteiger charge is 2.31. The molecule has 0 atom stereocenters. The van der Waals surface area contributed by atoms with Crippen LogP contribution in [0.15, 0.2) is 72.8 Å². The van der Waals surface area contributed by atoms with Crippen LogP contribution >= 0.6 is 0 Å². The second-order valence-corrected chi connectivity index (χ2v) is 22.7. The minimum atomic E-state index is -2.72. The first-order chi connectivity index (χ1) is 32.9. The Morgan fingerprint density at radius 1 is 0.239 bits per heavy atom. The summed E-state index contributed by atoms with van der Waals surface area (Å²) in [6.45, 7) is 22.4. The lowest BCUT2D eigenvalue weighted by molar-refractivity contribution is 0.294. The number of hydrogen-bond acceptors (Lipinski definition) is 9. The fourth-order valence-corrected chi connectivity index (χ4v) is 14.1. The van der Waals surface area contributed by atoms with Gasteiger partial charge in [-0.05, 0) is 121 Å². The summed E-state index contributed by atoms with van der Waals surface area (Å²) >= 11 is 0. The largest absolute Gasteiger partial charge is 0.493 e. The topological polar surface area (TPSA) is 83.1 Å². The van der Waals surface area contributed by atoms with Crippen LogP contribution in [0.25, 0.3) is 0 Å². The molecule has 0 aliphatic carbocycles. The van der Waals surface area contributed by atoms with Crippen LogP contribution in [-0.2, 0) is 4.12 Å². The molecule has 4 aromatic carbocycles. The van der Waals surface area contributed by atoms with E-state index in [9.17, 15) is 0 Å². The van der Waals surface area contributed by atoms with Crippen LogP contribution in [0.4, 0.5) is 0 Å². The highest BCUT2D eigenvalue weighted by Crippen LogP contribution is 2.26. The van der Waals surface area contributed by atoms with Gasteiger partial charge in [-0.3, -0.25) is 0 Å². The van der Waals surface area contributed by atoms with Crippen LogP contribution in [0.2, 0.25) is 0 Å². The van der Waals surface area contributed by atoms with E-state index in [4.69, 9.17) is 42.0 Å². The summed E-state index contributed by atoms with van der Waals surface area (Å²) in [6, 6.07) is 25.6. The van der Waals surface area contributed by atoms with Crippen LogP contribution in [-0.4, -0.2) is 70.9 Å². The summed E-state index contributed by atoms with van der Waals surface area (Å²) < 4.78 is 60.1. The van der Waals surface area contributed by atoms with Gasteiger partial charge in [-0.15, -0.1) is 0 Å². The van der Waals surface area contributed by atoms with E-state index in [1.165, 1.54) is 0 Å². The molecule has 0 spiro atoms. The van der Waals surface area contributed by atoms with Gasteiger partial charge in [-0.1, -0.05) is 107 Å². The molecule has 0 unspecified atom stereocenters. The molecule has 0 fully saturated rings. The first kappa shape index (κ1) is 55.3. The molecule has 67 heavy (non-hydrogen) atoms. The molecular weight excluding hydrogens is 873 g/mol. The maximum absolute atomic E-state index is 8.07. The van der Waals surface area contributed by atoms with E-state index in [2.05, 4.69) is 104 Å². The first-order valence-electron chi connectivity index (χ1n) is 26.2. The second-order valence-electron chi connectivity index (χ2n) is 17.5. The fraction of sp³-hybridized carbons (Fsp3) is 0.571. The molecule has 0 heterocycles. The molecule has 0 amide bonds. The van der Waals surface area contributed by atoms with Crippen molar-refractivity contribution in [2.45, 2.75) is 158 Å². The first-order valence-corrected chi connectivity index (χ1v) is 29.4. The average Bonchev–Trinajstić information content (AvgIpc) is 3.32. The van der Waals surface area contributed by atoms with Gasteiger partial charge in [0, 0.05) is 24.3 Å². The van der Waals surface area contributed by atoms with Gasteiger partial charge >= 0.3 is 0 Å². The Balaban J connectivity index is 2.07. The van der Waals surface area contributed by atoms with E-state index in [0.29, 0.717) is 52.9 Å². The fourth-order valence-electron chi connectivity index (χ4n) is 7.16. The van der Waals surface area contributed by atoms with E-state index >= 15 is 0 Å². The zero-order valence-corrected chi connectivity index (χ0v) is 45.0. The van der Waals surface area contributed by atoms with Crippen LogP contribution < -0.4 is 58.6 Å². The summed E-state index contributed by atoms with van der Waals surface area (Å²) in [4.78, 5) is 0. The highest BCUT2D eigenvalue weighted by atomic mass is 28.4. The molecule has 0 saturated heterocycles. The van der Waals surface area contributed by atoms with Crippen molar-refractivity contribution in [3.63, 3.8) is 0 Å². The average molecular weight is 959 g/mol. The van der Waals surface area contributed by atoms with Crippen molar-refractivity contribution in [2.75, 3.05) is 52.9 Å². The van der Waals surface area contributed by atoms with Gasteiger partial charge in [0.25, 0.3) is 0 Å². The van der Waals surface area contributed by atoms with E-state index < -0.39 is 18.1 Å². The SMILES string of the molecule is CCCCOc1cc(OCCCC)cc([SiH](O[SiH](c2cc(OCCCC)cc(OCCCC)c2)c2cc(OCCCC)cc(OCCCC)c2)c2cc(OCCCC)cc(OCCCC)c2)c1. The minimum absolute atomic E-state index is 0.617. The molecule has 0 aromatic heterocycles. The Morgan fingerprint density at radius 3 is 0.522 bits per heavy atom. The Bertz CT molecular complexity index is 1560. The van der Waals surface area contributed by atoms with Gasteiger partial charge < -0.3 is 42.0 Å².